The lowest BCUT2D eigenvalue weighted by Crippen LogP contribution is -2.44. The van der Waals surface area contributed by atoms with E-state index in [4.69, 9.17) is 18.9 Å². The Kier molecular flexibility index (Phi) is 79.7. The minimum atomic E-state index is -1.64. The highest BCUT2D eigenvalue weighted by atomic mass is 16.7. The lowest BCUT2D eigenvalue weighted by atomic mass is 10.0. The van der Waals surface area contributed by atoms with Crippen LogP contribution in [-0.4, -0.2) is 82.3 Å². The van der Waals surface area contributed by atoms with E-state index in [1.54, 1.807) is 0 Å². The molecule has 0 bridgehead atoms. The number of carboxylic acid groups (broad SMARTS) is 1. The van der Waals surface area contributed by atoms with E-state index in [0.29, 0.717) is 17.4 Å². The van der Waals surface area contributed by atoms with Gasteiger partial charge in [0.25, 0.3) is 0 Å². The molecule has 0 aromatic carbocycles. The zero-order chi connectivity index (χ0) is 77.4. The van der Waals surface area contributed by atoms with Crippen LogP contribution in [0.15, 0.2) is 231 Å². The minimum Gasteiger partial charge on any atom is -0.545 e. The largest absolute Gasteiger partial charge is 0.545 e. The van der Waals surface area contributed by atoms with E-state index in [1.807, 2.05) is 21.1 Å². The van der Waals surface area contributed by atoms with Crippen LogP contribution in [0.1, 0.15) is 309 Å². The predicted molar refractivity (Wildman–Crippen MR) is 462 cm³/mol. The molecule has 0 saturated heterocycles. The van der Waals surface area contributed by atoms with Crippen molar-refractivity contribution in [2.75, 3.05) is 47.5 Å². The van der Waals surface area contributed by atoms with Crippen LogP contribution in [0.5, 0.6) is 0 Å². The maximum absolute atomic E-state index is 13.0. The number of esters is 2. The first-order chi connectivity index (χ1) is 52.6. The van der Waals surface area contributed by atoms with Gasteiger partial charge in [0.15, 0.2) is 12.4 Å². The lowest BCUT2D eigenvalue weighted by Gasteiger charge is -2.26. The highest BCUT2D eigenvalue weighted by molar-refractivity contribution is 5.70. The molecule has 0 aromatic rings. The first-order valence-electron chi connectivity index (χ1n) is 42.5. The number of aliphatic carboxylic acids is 1. The van der Waals surface area contributed by atoms with Gasteiger partial charge in [0.1, 0.15) is 13.2 Å². The molecule has 0 aromatic heterocycles. The van der Waals surface area contributed by atoms with Crippen LogP contribution >= 0.6 is 0 Å². The van der Waals surface area contributed by atoms with Crippen LogP contribution in [0.2, 0.25) is 0 Å². The van der Waals surface area contributed by atoms with Crippen molar-refractivity contribution in [1.29, 1.82) is 0 Å². The number of carbonyl (C=O) groups excluding carboxylic acids is 3. The molecule has 107 heavy (non-hydrogen) atoms. The fourth-order valence-electron chi connectivity index (χ4n) is 11.0. The summed E-state index contributed by atoms with van der Waals surface area (Å²) >= 11 is 0. The van der Waals surface area contributed by atoms with Gasteiger partial charge in [-0.3, -0.25) is 9.59 Å². The van der Waals surface area contributed by atoms with Crippen LogP contribution in [-0.2, 0) is 33.3 Å². The number of likely N-dealkylation sites (N-methyl/N-ethyl adjacent to an activating group) is 1. The standard InChI is InChI=1S/C98H155NO8/c1-6-8-10-12-14-16-18-20-22-24-26-28-30-32-34-36-38-40-42-44-46-48-50-52-54-56-58-60-62-64-66-68-70-72-74-76-78-80-82-84-86-88-95(100)105-92-94(93-106-98(97(102)103)104-91-90-99(3,4)5)107-96(101)89-87-85-83-81-79-77-75-73-71-69-67-65-63-61-59-57-55-53-51-49-47-45-43-41-39-37-35-33-31-29-27-25-23-21-19-17-15-13-11-9-7-2/h8-11,14-17,20-23,26-29,32-35,38-41,44-47,50-53,57,59,63,65,69,71,94,98H,6-7,12-13,18-19,24-25,30-31,36-37,42-43,48-49,54-56,58,60-62,64,66-68,70,72-93H2,1-5H3/b10-8-,11-9-,16-14-,17-15-,22-20-,23-21-,28-26-,29-27-,34-32-,35-33-,40-38-,41-39-,46-44-,47-45-,52-50-,53-51-,59-57-,65-63-,71-69-. The summed E-state index contributed by atoms with van der Waals surface area (Å²) in [6.07, 6.45) is 132. The number of nitrogens with zero attached hydrogens (tertiary/aromatic N) is 1. The maximum Gasteiger partial charge on any atom is 0.306 e. The Balaban J connectivity index is 4.11. The lowest BCUT2D eigenvalue weighted by molar-refractivity contribution is -0.870. The van der Waals surface area contributed by atoms with E-state index in [1.165, 1.54) is 103 Å². The van der Waals surface area contributed by atoms with Gasteiger partial charge in [-0.25, -0.2) is 0 Å². The number of carbonyl (C=O) groups is 3. The monoisotopic (exact) mass is 1470 g/mol. The van der Waals surface area contributed by atoms with Crippen molar-refractivity contribution < 1.29 is 42.9 Å². The molecule has 0 rings (SSSR count). The third-order valence-electron chi connectivity index (χ3n) is 17.4. The molecule has 0 aliphatic heterocycles. The Hall–Kier alpha value is -6.65. The summed E-state index contributed by atoms with van der Waals surface area (Å²) in [6.45, 7) is 4.50. The van der Waals surface area contributed by atoms with E-state index in [0.717, 1.165) is 173 Å². The van der Waals surface area contributed by atoms with Crippen LogP contribution < -0.4 is 5.11 Å². The van der Waals surface area contributed by atoms with E-state index < -0.39 is 24.3 Å². The van der Waals surface area contributed by atoms with Crippen molar-refractivity contribution >= 4 is 17.9 Å². The molecule has 600 valence electrons. The van der Waals surface area contributed by atoms with E-state index in [-0.39, 0.29) is 38.6 Å². The fourth-order valence-corrected chi connectivity index (χ4v) is 11.0. The maximum atomic E-state index is 13.0. The van der Waals surface area contributed by atoms with Gasteiger partial charge in [-0.1, -0.05) is 367 Å². The first-order valence-corrected chi connectivity index (χ1v) is 42.5. The summed E-state index contributed by atoms with van der Waals surface area (Å²) in [4.78, 5) is 37.7. The van der Waals surface area contributed by atoms with Gasteiger partial charge < -0.3 is 33.3 Å². The molecule has 9 heteroatoms. The van der Waals surface area contributed by atoms with Crippen LogP contribution in [0.3, 0.4) is 0 Å². The number of allylic oxidation sites excluding steroid dienone is 38. The number of ether oxygens (including phenoxy) is 4. The fraction of sp³-hybridized carbons (Fsp3) is 0.582. The number of carboxylic acids is 1. The second kappa shape index (κ2) is 85.0. The molecular formula is C98H155NO8. The molecule has 0 radical (unpaired) electrons. The molecule has 0 aliphatic carbocycles. The minimum absolute atomic E-state index is 0.135. The van der Waals surface area contributed by atoms with Crippen molar-refractivity contribution in [3.8, 4) is 0 Å². The van der Waals surface area contributed by atoms with E-state index in [9.17, 15) is 19.5 Å². The van der Waals surface area contributed by atoms with Gasteiger partial charge in [-0.15, -0.1) is 0 Å². The highest BCUT2D eigenvalue weighted by Crippen LogP contribution is 2.17. The van der Waals surface area contributed by atoms with Crippen LogP contribution in [0, 0.1) is 0 Å². The topological polar surface area (TPSA) is 111 Å². The number of unbranched alkanes of at least 4 members (excludes halogenated alkanes) is 23. The molecule has 0 fully saturated rings. The zero-order valence-corrected chi connectivity index (χ0v) is 68.7. The summed E-state index contributed by atoms with van der Waals surface area (Å²) in [5.74, 6) is -2.31. The van der Waals surface area contributed by atoms with Gasteiger partial charge in [0.05, 0.1) is 40.3 Å². The van der Waals surface area contributed by atoms with Crippen molar-refractivity contribution in [2.24, 2.45) is 0 Å². The van der Waals surface area contributed by atoms with E-state index in [2.05, 4.69) is 245 Å². The molecule has 0 saturated carbocycles. The highest BCUT2D eigenvalue weighted by Gasteiger charge is 2.22. The van der Waals surface area contributed by atoms with Gasteiger partial charge in [0, 0.05) is 12.8 Å². The Morgan fingerprint density at radius 3 is 0.748 bits per heavy atom. The molecule has 0 aliphatic rings. The van der Waals surface area contributed by atoms with Crippen molar-refractivity contribution in [3.63, 3.8) is 0 Å². The molecule has 0 amide bonds. The summed E-state index contributed by atoms with van der Waals surface area (Å²) in [6, 6.07) is 0. The number of hydrogen-bond acceptors (Lipinski definition) is 8. The Morgan fingerprint density at radius 2 is 0.505 bits per heavy atom. The summed E-state index contributed by atoms with van der Waals surface area (Å²) in [5.41, 5.74) is 0. The average molecular weight is 1480 g/mol. The number of hydrogen-bond donors (Lipinski definition) is 0. The first kappa shape index (κ1) is 100. The molecule has 2 unspecified atom stereocenters. The predicted octanol–water partition coefficient (Wildman–Crippen LogP) is 26.8. The molecular weight excluding hydrogens is 1320 g/mol. The normalized spacial score (nSPS) is 13.8. The van der Waals surface area contributed by atoms with Crippen molar-refractivity contribution in [1.82, 2.24) is 0 Å². The van der Waals surface area contributed by atoms with Crippen molar-refractivity contribution in [3.05, 3.63) is 231 Å². The summed E-state index contributed by atoms with van der Waals surface area (Å²) < 4.78 is 22.9. The van der Waals surface area contributed by atoms with Crippen molar-refractivity contribution in [2.45, 2.75) is 322 Å². The van der Waals surface area contributed by atoms with Crippen LogP contribution in [0.4, 0.5) is 0 Å². The Morgan fingerprint density at radius 1 is 0.280 bits per heavy atom. The number of quaternary nitrogens is 1. The molecule has 0 spiro atoms. The number of rotatable bonds is 76. The second-order valence-electron chi connectivity index (χ2n) is 28.7. The van der Waals surface area contributed by atoms with Crippen LogP contribution in [0.25, 0.3) is 0 Å². The quantitative estimate of drug-likeness (QED) is 0.0195. The Bertz CT molecular complexity index is 2630. The smallest absolute Gasteiger partial charge is 0.306 e. The second-order valence-corrected chi connectivity index (χ2v) is 28.7. The third kappa shape index (κ3) is 86.5. The SMILES string of the molecule is CC/C=C\C/C=C\C/C=C\C/C=C\C/C=C\C/C=C\C/C=C\C/C=C\C/C=C\C/C=C\C/C=C\CCCCCCCCCC(=O)OC(COC(=O)CCCCCCCCCCCCCCCCCC/C=C\C/C=C\C/C=C\C/C=C\C/C=C\C/C=C\C/C=C\C/C=C\CC)COC(OCC[N+](C)(C)C)C(=O)[O-]. The Labute approximate surface area is 657 Å². The molecule has 9 nitrogen and oxygen atoms in total. The van der Waals surface area contributed by atoms with Gasteiger partial charge in [-0.05, 0) is 161 Å². The van der Waals surface area contributed by atoms with Gasteiger partial charge >= 0.3 is 11.9 Å². The molecule has 0 N–H and O–H groups in total. The molecule has 0 heterocycles. The van der Waals surface area contributed by atoms with Gasteiger partial charge in [0.2, 0.25) is 0 Å². The molecule has 2 atom stereocenters. The third-order valence-corrected chi connectivity index (χ3v) is 17.4. The summed E-state index contributed by atoms with van der Waals surface area (Å²) in [7, 11) is 5.92. The average Bonchev–Trinajstić information content (AvgIpc) is 0.965. The summed E-state index contributed by atoms with van der Waals surface area (Å²) in [5, 5.41) is 11.9. The zero-order valence-electron chi connectivity index (χ0n) is 68.7. The van der Waals surface area contributed by atoms with Gasteiger partial charge in [-0.2, -0.15) is 0 Å². The van der Waals surface area contributed by atoms with E-state index >= 15 is 0 Å².